The van der Waals surface area contributed by atoms with E-state index >= 15 is 0 Å². The zero-order valence-electron chi connectivity index (χ0n) is 9.57. The number of hydrogen-bond acceptors (Lipinski definition) is 3. The summed E-state index contributed by atoms with van der Waals surface area (Å²) in [6, 6.07) is 0.941. The van der Waals surface area contributed by atoms with Gasteiger partial charge in [-0.25, -0.2) is 17.5 Å². The first kappa shape index (κ1) is 14.5. The molecule has 0 unspecified atom stereocenters. The second-order valence-corrected chi connectivity index (χ2v) is 6.79. The summed E-state index contributed by atoms with van der Waals surface area (Å²) in [5, 5.41) is 0.657. The van der Waals surface area contributed by atoms with E-state index in [2.05, 4.69) is 25.6 Å². The van der Waals surface area contributed by atoms with Crippen LogP contribution in [0.15, 0.2) is 23.4 Å². The van der Waals surface area contributed by atoms with Crippen LogP contribution in [0.1, 0.15) is 13.8 Å². The monoisotopic (exact) mass is 324 g/mol. The third-order valence-corrected chi connectivity index (χ3v) is 4.98. The highest BCUT2D eigenvalue weighted by Gasteiger charge is 2.21. The van der Waals surface area contributed by atoms with Gasteiger partial charge in [-0.1, -0.05) is 29.8 Å². The minimum Gasteiger partial charge on any atom is -0.260 e. The minimum atomic E-state index is -3.70. The van der Waals surface area contributed by atoms with E-state index in [0.29, 0.717) is 5.33 Å². The summed E-state index contributed by atoms with van der Waals surface area (Å²) in [4.78, 5) is 3.35. The molecule has 0 aliphatic rings. The van der Waals surface area contributed by atoms with Crippen LogP contribution in [0.25, 0.3) is 0 Å². The maximum atomic E-state index is 12.9. The van der Waals surface area contributed by atoms with Gasteiger partial charge >= 0.3 is 0 Å². The van der Waals surface area contributed by atoms with E-state index in [9.17, 15) is 12.8 Å². The molecule has 96 valence electrons. The molecule has 1 aromatic heterocycles. The Kier molecular flexibility index (Phi) is 4.62. The fourth-order valence-corrected chi connectivity index (χ4v) is 2.37. The number of sulfonamides is 1. The highest BCUT2D eigenvalue weighted by molar-refractivity contribution is 9.09. The van der Waals surface area contributed by atoms with Crippen LogP contribution in [0.2, 0.25) is 0 Å². The van der Waals surface area contributed by atoms with Gasteiger partial charge in [-0.3, -0.25) is 4.98 Å². The van der Waals surface area contributed by atoms with E-state index in [4.69, 9.17) is 0 Å². The van der Waals surface area contributed by atoms with Gasteiger partial charge in [0.05, 0.1) is 6.20 Å². The lowest BCUT2D eigenvalue weighted by atomic mass is 9.98. The third-order valence-electron chi connectivity index (χ3n) is 2.09. The van der Waals surface area contributed by atoms with Gasteiger partial charge < -0.3 is 0 Å². The number of pyridine rings is 1. The average molecular weight is 325 g/mol. The molecule has 0 saturated heterocycles. The fraction of sp³-hybridized carbons (Fsp3) is 0.500. The van der Waals surface area contributed by atoms with Crippen LogP contribution < -0.4 is 4.72 Å². The van der Waals surface area contributed by atoms with Gasteiger partial charge in [0.1, 0.15) is 10.7 Å². The summed E-state index contributed by atoms with van der Waals surface area (Å²) in [7, 11) is -3.70. The molecule has 0 aromatic carbocycles. The molecule has 0 fully saturated rings. The molecule has 1 N–H and O–H groups in total. The van der Waals surface area contributed by atoms with Crippen molar-refractivity contribution in [2.24, 2.45) is 5.41 Å². The summed E-state index contributed by atoms with van der Waals surface area (Å²) in [5.74, 6) is -0.673. The number of nitrogens with one attached hydrogen (secondary N) is 1. The molecule has 4 nitrogen and oxygen atoms in total. The van der Waals surface area contributed by atoms with Gasteiger partial charge in [0.2, 0.25) is 10.0 Å². The predicted molar refractivity (Wildman–Crippen MR) is 67.0 cm³/mol. The number of rotatable bonds is 5. The van der Waals surface area contributed by atoms with Gasteiger partial charge in [-0.2, -0.15) is 0 Å². The minimum absolute atomic E-state index is 0.164. The highest BCUT2D eigenvalue weighted by atomic mass is 79.9. The largest absolute Gasteiger partial charge is 0.260 e. The molecule has 0 spiro atoms. The Morgan fingerprint density at radius 1 is 1.47 bits per heavy atom. The fourth-order valence-electron chi connectivity index (χ4n) is 0.960. The summed E-state index contributed by atoms with van der Waals surface area (Å²) in [5.41, 5.74) is -0.214. The van der Waals surface area contributed by atoms with Gasteiger partial charge in [0.15, 0.2) is 0 Å². The van der Waals surface area contributed by atoms with Crippen molar-refractivity contribution in [2.45, 2.75) is 18.7 Å². The van der Waals surface area contributed by atoms with Crippen molar-refractivity contribution < 1.29 is 12.8 Å². The topological polar surface area (TPSA) is 59.1 Å². The zero-order valence-corrected chi connectivity index (χ0v) is 12.0. The number of halogens is 2. The Balaban J connectivity index is 2.83. The van der Waals surface area contributed by atoms with Crippen molar-refractivity contribution in [1.82, 2.24) is 9.71 Å². The van der Waals surface area contributed by atoms with Crippen molar-refractivity contribution in [3.05, 3.63) is 24.3 Å². The molecule has 0 aliphatic heterocycles. The summed E-state index contributed by atoms with van der Waals surface area (Å²) in [6.07, 6.45) is 2.08. The van der Waals surface area contributed by atoms with Gasteiger partial charge in [0, 0.05) is 18.1 Å². The van der Waals surface area contributed by atoms with Crippen LogP contribution in [0.5, 0.6) is 0 Å². The molecule has 1 heterocycles. The first-order valence-corrected chi connectivity index (χ1v) is 7.53. The second kappa shape index (κ2) is 5.41. The molecule has 7 heteroatoms. The molecule has 1 aromatic rings. The maximum Gasteiger partial charge on any atom is 0.242 e. The predicted octanol–water partition coefficient (Wildman–Crippen LogP) is 1.92. The quantitative estimate of drug-likeness (QED) is 0.842. The van der Waals surface area contributed by atoms with E-state index in [-0.39, 0.29) is 16.9 Å². The first-order chi connectivity index (χ1) is 7.77. The molecule has 0 aliphatic carbocycles. The van der Waals surface area contributed by atoms with Crippen molar-refractivity contribution in [2.75, 3.05) is 11.9 Å². The van der Waals surface area contributed by atoms with Gasteiger partial charge in [-0.05, 0) is 11.5 Å². The van der Waals surface area contributed by atoms with E-state index in [0.717, 1.165) is 18.5 Å². The Bertz CT molecular complexity index is 491. The Labute approximate surface area is 109 Å². The van der Waals surface area contributed by atoms with Gasteiger partial charge in [0.25, 0.3) is 0 Å². The van der Waals surface area contributed by atoms with Crippen LogP contribution in [-0.4, -0.2) is 25.3 Å². The lowest BCUT2D eigenvalue weighted by Crippen LogP contribution is -2.35. The van der Waals surface area contributed by atoms with Crippen LogP contribution in [0.3, 0.4) is 0 Å². The first-order valence-electron chi connectivity index (χ1n) is 4.93. The van der Waals surface area contributed by atoms with E-state index in [1.54, 1.807) is 0 Å². The van der Waals surface area contributed by atoms with Gasteiger partial charge in [-0.15, -0.1) is 0 Å². The molecule has 1 rings (SSSR count). The number of aromatic nitrogens is 1. The Morgan fingerprint density at radius 3 is 2.65 bits per heavy atom. The normalized spacial score (nSPS) is 12.7. The maximum absolute atomic E-state index is 12.9. The second-order valence-electron chi connectivity index (χ2n) is 4.46. The average Bonchev–Trinajstić information content (AvgIpc) is 2.27. The summed E-state index contributed by atoms with van der Waals surface area (Å²) in [6.45, 7) is 4.08. The van der Waals surface area contributed by atoms with E-state index in [1.165, 1.54) is 0 Å². The molecular weight excluding hydrogens is 311 g/mol. The van der Waals surface area contributed by atoms with Crippen molar-refractivity contribution in [3.63, 3.8) is 0 Å². The molecule has 0 amide bonds. The number of hydrogen-bond donors (Lipinski definition) is 1. The molecule has 0 bridgehead atoms. The Morgan fingerprint density at radius 2 is 2.12 bits per heavy atom. The zero-order chi connectivity index (χ0) is 13.1. The summed E-state index contributed by atoms with van der Waals surface area (Å²) < 4.78 is 38.9. The van der Waals surface area contributed by atoms with Crippen LogP contribution >= 0.6 is 15.9 Å². The van der Waals surface area contributed by atoms with Crippen molar-refractivity contribution >= 4 is 26.0 Å². The third kappa shape index (κ3) is 4.33. The highest BCUT2D eigenvalue weighted by Crippen LogP contribution is 2.18. The number of alkyl halides is 1. The molecule has 17 heavy (non-hydrogen) atoms. The van der Waals surface area contributed by atoms with Crippen LogP contribution in [0, 0.1) is 11.2 Å². The lowest BCUT2D eigenvalue weighted by molar-refractivity contribution is 0.420. The smallest absolute Gasteiger partial charge is 0.242 e. The molecular formula is C10H14BrFN2O2S. The molecule has 0 saturated carbocycles. The van der Waals surface area contributed by atoms with E-state index in [1.807, 2.05) is 13.8 Å². The van der Waals surface area contributed by atoms with Crippen molar-refractivity contribution in [1.29, 1.82) is 0 Å². The van der Waals surface area contributed by atoms with E-state index < -0.39 is 15.8 Å². The SMILES string of the molecule is CC(C)(CBr)CNS(=O)(=O)c1cncc(F)c1. The standard InChI is InChI=1S/C10H14BrFN2O2S/c1-10(2,6-11)7-14-17(15,16)9-3-8(12)4-13-5-9/h3-5,14H,6-7H2,1-2H3. The van der Waals surface area contributed by atoms with Crippen molar-refractivity contribution in [3.8, 4) is 0 Å². The lowest BCUT2D eigenvalue weighted by Gasteiger charge is -2.21. The molecule has 0 radical (unpaired) electrons. The van der Waals surface area contributed by atoms with Crippen LogP contribution in [-0.2, 0) is 10.0 Å². The summed E-state index contributed by atoms with van der Waals surface area (Å²) >= 11 is 3.30. The van der Waals surface area contributed by atoms with Crippen LogP contribution in [0.4, 0.5) is 4.39 Å². The molecule has 0 atom stereocenters. The Hall–Kier alpha value is -0.530. The number of nitrogens with zero attached hydrogens (tertiary/aromatic N) is 1.